The van der Waals surface area contributed by atoms with E-state index in [-0.39, 0.29) is 48.9 Å². The minimum absolute atomic E-state index is 0.0363. The number of aromatic nitrogens is 4. The van der Waals surface area contributed by atoms with E-state index in [1.54, 1.807) is 45.1 Å². The Kier molecular flexibility index (Phi) is 13.1. The molecule has 266 valence electrons. The fraction of sp³-hybridized carbons (Fsp3) is 0.559. The zero-order valence-corrected chi connectivity index (χ0v) is 29.2. The second-order valence-electron chi connectivity index (χ2n) is 12.4. The van der Waals surface area contributed by atoms with E-state index in [1.165, 1.54) is 4.68 Å². The average Bonchev–Trinajstić information content (AvgIpc) is 3.68. The molecule has 0 radical (unpaired) electrons. The van der Waals surface area contributed by atoms with Gasteiger partial charge in [0.15, 0.2) is 17.3 Å². The number of nitrogens with one attached hydrogen (secondary N) is 3. The second kappa shape index (κ2) is 17.4. The van der Waals surface area contributed by atoms with E-state index in [0.29, 0.717) is 79.9 Å². The highest BCUT2D eigenvalue weighted by Crippen LogP contribution is 2.28. The largest absolute Gasteiger partial charge is 0.493 e. The molecule has 49 heavy (non-hydrogen) atoms. The molecule has 0 saturated carbocycles. The normalized spacial score (nSPS) is 19.1. The van der Waals surface area contributed by atoms with E-state index >= 15 is 0 Å². The molecule has 0 spiro atoms. The molecular formula is C34H48N8O7. The van der Waals surface area contributed by atoms with Gasteiger partial charge in [0.25, 0.3) is 0 Å². The molecule has 1 aliphatic heterocycles. The number of methoxy groups -OCH3 is 2. The Hall–Kier alpha value is -4.95. The maximum absolute atomic E-state index is 13.6. The van der Waals surface area contributed by atoms with Crippen LogP contribution in [0.4, 0.5) is 0 Å². The average molecular weight is 681 g/mol. The standard InChI is InChI=1S/C34H48N8O7/c1-7-21(2)32-34(46)36-23(4)33-37-28(18-24-11-12-26(47-5)27(17-24)48-6)39-42(33)20-30(44)35-13-9-15-41(14-8-10-29(43)38-32)31(45)19-25-16-22(3)40-49-25/h11-12,16-17,21,23,32H,7-10,13-15,18-20H2,1-6H3,(H,35,44)(H,36,46)(H,38,43)/t21-,23+,32-/m0/s1. The zero-order chi connectivity index (χ0) is 35.5. The van der Waals surface area contributed by atoms with Crippen LogP contribution in [0.1, 0.15) is 81.2 Å². The topological polar surface area (TPSA) is 183 Å². The third-order valence-electron chi connectivity index (χ3n) is 8.52. The van der Waals surface area contributed by atoms with E-state index < -0.39 is 12.1 Å². The molecule has 0 fully saturated rings. The van der Waals surface area contributed by atoms with Gasteiger partial charge in [-0.2, -0.15) is 5.10 Å². The number of hydrogen-bond donors (Lipinski definition) is 3. The van der Waals surface area contributed by atoms with Crippen LogP contribution in [-0.2, 0) is 38.6 Å². The molecule has 3 aromatic rings. The molecule has 4 rings (SSSR count). The van der Waals surface area contributed by atoms with Gasteiger partial charge in [0.1, 0.15) is 24.2 Å². The lowest BCUT2D eigenvalue weighted by Gasteiger charge is -2.26. The van der Waals surface area contributed by atoms with E-state index in [2.05, 4.69) is 26.2 Å². The van der Waals surface area contributed by atoms with Gasteiger partial charge in [-0.05, 0) is 50.3 Å². The molecular weight excluding hydrogens is 632 g/mol. The lowest BCUT2D eigenvalue weighted by Crippen LogP contribution is -2.51. The van der Waals surface area contributed by atoms with Crippen molar-refractivity contribution < 1.29 is 33.2 Å². The van der Waals surface area contributed by atoms with Gasteiger partial charge in [-0.1, -0.05) is 31.5 Å². The first kappa shape index (κ1) is 36.9. The monoisotopic (exact) mass is 680 g/mol. The first-order valence-corrected chi connectivity index (χ1v) is 16.7. The molecule has 3 heterocycles. The molecule has 3 N–H and O–H groups in total. The molecule has 0 aliphatic carbocycles. The molecule has 1 aromatic carbocycles. The van der Waals surface area contributed by atoms with Crippen LogP contribution < -0.4 is 25.4 Å². The predicted octanol–water partition coefficient (Wildman–Crippen LogP) is 2.26. The van der Waals surface area contributed by atoms with Gasteiger partial charge < -0.3 is 34.8 Å². The summed E-state index contributed by atoms with van der Waals surface area (Å²) in [5.41, 5.74) is 1.55. The van der Waals surface area contributed by atoms with Crippen molar-refractivity contribution in [2.24, 2.45) is 5.92 Å². The summed E-state index contributed by atoms with van der Waals surface area (Å²) in [5.74, 6) is 1.20. The maximum Gasteiger partial charge on any atom is 0.243 e. The van der Waals surface area contributed by atoms with Crippen LogP contribution >= 0.6 is 0 Å². The van der Waals surface area contributed by atoms with Gasteiger partial charge in [-0.15, -0.1) is 0 Å². The fourth-order valence-electron chi connectivity index (χ4n) is 5.64. The van der Waals surface area contributed by atoms with E-state index in [4.69, 9.17) is 19.0 Å². The number of carbonyl (C=O) groups excluding carboxylic acids is 4. The smallest absolute Gasteiger partial charge is 0.243 e. The molecule has 0 unspecified atom stereocenters. The Bertz CT molecular complexity index is 1600. The Morgan fingerprint density at radius 1 is 1.06 bits per heavy atom. The van der Waals surface area contributed by atoms with Crippen LogP contribution in [0.15, 0.2) is 28.8 Å². The van der Waals surface area contributed by atoms with E-state index in [1.807, 2.05) is 26.0 Å². The minimum Gasteiger partial charge on any atom is -0.493 e. The Balaban J connectivity index is 1.57. The molecule has 0 bridgehead atoms. The van der Waals surface area contributed by atoms with Crippen LogP contribution in [0.2, 0.25) is 0 Å². The van der Waals surface area contributed by atoms with Crippen LogP contribution in [0.25, 0.3) is 0 Å². The summed E-state index contributed by atoms with van der Waals surface area (Å²) in [6.07, 6.45) is 2.06. The number of aryl methyl sites for hydroxylation is 1. The Morgan fingerprint density at radius 3 is 2.51 bits per heavy atom. The lowest BCUT2D eigenvalue weighted by atomic mass is 9.97. The van der Waals surface area contributed by atoms with Crippen LogP contribution in [0.5, 0.6) is 11.5 Å². The number of rotatable bonds is 8. The van der Waals surface area contributed by atoms with Crippen molar-refractivity contribution >= 4 is 23.6 Å². The van der Waals surface area contributed by atoms with Gasteiger partial charge in [0.05, 0.1) is 32.4 Å². The fourth-order valence-corrected chi connectivity index (χ4v) is 5.64. The quantitative estimate of drug-likeness (QED) is 0.319. The minimum atomic E-state index is -0.794. The van der Waals surface area contributed by atoms with Gasteiger partial charge in [0, 0.05) is 38.5 Å². The summed E-state index contributed by atoms with van der Waals surface area (Å²) >= 11 is 0. The lowest BCUT2D eigenvalue weighted by molar-refractivity contribution is -0.132. The molecule has 15 nitrogen and oxygen atoms in total. The van der Waals surface area contributed by atoms with Crippen molar-refractivity contribution in [2.45, 2.75) is 84.8 Å². The number of ether oxygens (including phenoxy) is 2. The maximum atomic E-state index is 13.6. The van der Waals surface area contributed by atoms with Crippen molar-refractivity contribution in [2.75, 3.05) is 33.9 Å². The summed E-state index contributed by atoms with van der Waals surface area (Å²) < 4.78 is 17.5. The molecule has 1 aliphatic rings. The number of fused-ring (bicyclic) bond motifs is 1. The first-order valence-electron chi connectivity index (χ1n) is 16.7. The zero-order valence-electron chi connectivity index (χ0n) is 29.2. The van der Waals surface area contributed by atoms with Crippen molar-refractivity contribution in [3.8, 4) is 11.5 Å². The summed E-state index contributed by atoms with van der Waals surface area (Å²) in [7, 11) is 3.12. The van der Waals surface area contributed by atoms with Gasteiger partial charge in [0.2, 0.25) is 23.6 Å². The highest BCUT2D eigenvalue weighted by atomic mass is 16.5. The summed E-state index contributed by atoms with van der Waals surface area (Å²) in [6, 6.07) is 5.81. The SMILES string of the molecule is CC[C@H](C)[C@@H]1NC(=O)CCCN(C(=O)Cc2cc(C)no2)CCCNC(=O)Cn2nc(Cc3ccc(OC)c(OC)c3)nc2[C@@H](C)NC1=O. The first-order chi connectivity index (χ1) is 23.5. The molecule has 0 saturated heterocycles. The number of nitrogens with zero attached hydrogens (tertiary/aromatic N) is 5. The second-order valence-corrected chi connectivity index (χ2v) is 12.4. The van der Waals surface area contributed by atoms with Crippen molar-refractivity contribution in [1.29, 1.82) is 0 Å². The third-order valence-corrected chi connectivity index (χ3v) is 8.52. The van der Waals surface area contributed by atoms with E-state index in [0.717, 1.165) is 5.56 Å². The predicted molar refractivity (Wildman–Crippen MR) is 179 cm³/mol. The van der Waals surface area contributed by atoms with Gasteiger partial charge in [-0.25, -0.2) is 9.67 Å². The number of carbonyl (C=O) groups is 4. The van der Waals surface area contributed by atoms with E-state index in [9.17, 15) is 19.2 Å². The third kappa shape index (κ3) is 10.3. The number of benzene rings is 1. The molecule has 3 atom stereocenters. The molecule has 15 heteroatoms. The summed E-state index contributed by atoms with van der Waals surface area (Å²) in [4.78, 5) is 59.5. The Labute approximate surface area is 286 Å². The molecule has 4 amide bonds. The van der Waals surface area contributed by atoms with Crippen LogP contribution in [0.3, 0.4) is 0 Å². The number of hydrogen-bond acceptors (Lipinski definition) is 10. The highest BCUT2D eigenvalue weighted by molar-refractivity contribution is 5.88. The highest BCUT2D eigenvalue weighted by Gasteiger charge is 2.29. The van der Waals surface area contributed by atoms with Crippen molar-refractivity contribution in [3.63, 3.8) is 0 Å². The van der Waals surface area contributed by atoms with Crippen LogP contribution in [0, 0.1) is 12.8 Å². The van der Waals surface area contributed by atoms with Crippen molar-refractivity contribution in [3.05, 3.63) is 52.9 Å². The summed E-state index contributed by atoms with van der Waals surface area (Å²) in [6.45, 7) is 8.29. The van der Waals surface area contributed by atoms with Crippen LogP contribution in [-0.4, -0.2) is 88.3 Å². The van der Waals surface area contributed by atoms with Gasteiger partial charge >= 0.3 is 0 Å². The Morgan fingerprint density at radius 2 is 1.82 bits per heavy atom. The van der Waals surface area contributed by atoms with Crippen molar-refractivity contribution in [1.82, 2.24) is 40.8 Å². The summed E-state index contributed by atoms with van der Waals surface area (Å²) in [5, 5.41) is 17.3. The molecule has 2 aromatic heterocycles. The van der Waals surface area contributed by atoms with Gasteiger partial charge in [-0.3, -0.25) is 19.2 Å². The number of amides is 4.